The van der Waals surface area contributed by atoms with E-state index in [-0.39, 0.29) is 0 Å². The molecule has 5 heteroatoms. The molecule has 2 unspecified atom stereocenters. The monoisotopic (exact) mass is 228 g/mol. The summed E-state index contributed by atoms with van der Waals surface area (Å²) in [6.45, 7) is 6.38. The van der Waals surface area contributed by atoms with Crippen LogP contribution in [-0.2, 0) is 4.79 Å². The number of amides is 1. The maximum Gasteiger partial charge on any atom is 0.234 e. The summed E-state index contributed by atoms with van der Waals surface area (Å²) in [5.74, 6) is -0.403. The van der Waals surface area contributed by atoms with Crippen LogP contribution in [0.5, 0.6) is 0 Å². The molecular formula is C11H24N4O. The number of rotatable bonds is 4. The third kappa shape index (κ3) is 4.08. The highest BCUT2D eigenvalue weighted by atomic mass is 16.1. The van der Waals surface area contributed by atoms with Crippen LogP contribution in [0.25, 0.3) is 0 Å². The molecule has 0 aromatic heterocycles. The number of hydrogen-bond donors (Lipinski definition) is 2. The maximum atomic E-state index is 10.8. The Kier molecular flexibility index (Phi) is 5.18. The fraction of sp³-hybridized carbons (Fsp3) is 0.909. The van der Waals surface area contributed by atoms with Crippen LogP contribution in [0.1, 0.15) is 19.8 Å². The lowest BCUT2D eigenvalue weighted by Crippen LogP contribution is -2.43. The molecule has 2 atom stereocenters. The molecule has 0 aromatic carbocycles. The molecule has 0 spiro atoms. The Morgan fingerprint density at radius 3 is 2.81 bits per heavy atom. The van der Waals surface area contributed by atoms with Crippen LogP contribution in [0, 0.1) is 0 Å². The maximum absolute atomic E-state index is 10.8. The molecule has 1 heterocycles. The number of hydrogen-bond acceptors (Lipinski definition) is 4. The van der Waals surface area contributed by atoms with Crippen molar-refractivity contribution in [3.05, 3.63) is 0 Å². The number of carbonyl (C=O) groups excluding carboxylic acids is 1. The predicted octanol–water partition coefficient (Wildman–Crippen LogP) is -0.785. The van der Waals surface area contributed by atoms with Gasteiger partial charge in [-0.1, -0.05) is 0 Å². The van der Waals surface area contributed by atoms with Crippen LogP contribution in [0.15, 0.2) is 0 Å². The van der Waals surface area contributed by atoms with Gasteiger partial charge in [0.1, 0.15) is 0 Å². The Labute approximate surface area is 97.7 Å². The zero-order valence-corrected chi connectivity index (χ0v) is 10.4. The lowest BCUT2D eigenvalue weighted by Gasteiger charge is -2.28. The van der Waals surface area contributed by atoms with Gasteiger partial charge >= 0.3 is 0 Å². The smallest absolute Gasteiger partial charge is 0.234 e. The van der Waals surface area contributed by atoms with Crippen LogP contribution < -0.4 is 11.5 Å². The third-order valence-corrected chi connectivity index (χ3v) is 3.28. The van der Waals surface area contributed by atoms with Crippen molar-refractivity contribution in [3.8, 4) is 0 Å². The van der Waals surface area contributed by atoms with E-state index in [0.29, 0.717) is 12.5 Å². The van der Waals surface area contributed by atoms with Gasteiger partial charge in [-0.25, -0.2) is 0 Å². The van der Waals surface area contributed by atoms with Gasteiger partial charge in [-0.2, -0.15) is 0 Å². The summed E-state index contributed by atoms with van der Waals surface area (Å²) in [7, 11) is 2.15. The average molecular weight is 228 g/mol. The van der Waals surface area contributed by atoms with Crippen LogP contribution in [0.4, 0.5) is 0 Å². The van der Waals surface area contributed by atoms with Crippen LogP contribution >= 0.6 is 0 Å². The van der Waals surface area contributed by atoms with E-state index in [0.717, 1.165) is 26.2 Å². The van der Waals surface area contributed by atoms with Crippen molar-refractivity contribution < 1.29 is 4.79 Å². The van der Waals surface area contributed by atoms with Crippen molar-refractivity contribution in [2.24, 2.45) is 11.5 Å². The van der Waals surface area contributed by atoms with Gasteiger partial charge < -0.3 is 16.4 Å². The Hall–Kier alpha value is -0.650. The van der Waals surface area contributed by atoms with Gasteiger partial charge in [0.25, 0.3) is 0 Å². The normalized spacial score (nSPS) is 26.3. The fourth-order valence-corrected chi connectivity index (χ4v) is 2.20. The molecule has 16 heavy (non-hydrogen) atoms. The summed E-state index contributed by atoms with van der Waals surface area (Å²) in [6.07, 6.45) is 1.83. The van der Waals surface area contributed by atoms with Crippen molar-refractivity contribution in [1.82, 2.24) is 9.80 Å². The van der Waals surface area contributed by atoms with Crippen molar-refractivity contribution in [1.29, 1.82) is 0 Å². The Balaban J connectivity index is 2.37. The van der Waals surface area contributed by atoms with Crippen molar-refractivity contribution >= 4 is 5.91 Å². The van der Waals surface area contributed by atoms with E-state index in [9.17, 15) is 4.79 Å². The lowest BCUT2D eigenvalue weighted by atomic mass is 10.1. The van der Waals surface area contributed by atoms with Gasteiger partial charge in [0.2, 0.25) is 5.91 Å². The summed E-state index contributed by atoms with van der Waals surface area (Å²) in [4.78, 5) is 15.6. The van der Waals surface area contributed by atoms with E-state index >= 15 is 0 Å². The summed E-state index contributed by atoms with van der Waals surface area (Å²) < 4.78 is 0. The molecule has 1 fully saturated rings. The second-order valence-electron chi connectivity index (χ2n) is 4.80. The van der Waals surface area contributed by atoms with Crippen molar-refractivity contribution in [3.63, 3.8) is 0 Å². The van der Waals surface area contributed by atoms with E-state index in [1.165, 1.54) is 6.42 Å². The summed E-state index contributed by atoms with van der Waals surface area (Å²) >= 11 is 0. The zero-order valence-electron chi connectivity index (χ0n) is 10.4. The molecule has 4 N–H and O–H groups in total. The number of primary amides is 1. The molecular weight excluding hydrogens is 204 g/mol. The number of nitrogens with two attached hydrogens (primary N) is 2. The van der Waals surface area contributed by atoms with Gasteiger partial charge in [-0.15, -0.1) is 0 Å². The van der Waals surface area contributed by atoms with Gasteiger partial charge in [-0.3, -0.25) is 9.69 Å². The van der Waals surface area contributed by atoms with Gasteiger partial charge in [0.15, 0.2) is 0 Å². The summed E-state index contributed by atoms with van der Waals surface area (Å²) in [5.41, 5.74) is 10.8. The topological polar surface area (TPSA) is 75.6 Å². The number of carbonyl (C=O) groups is 1. The fourth-order valence-electron chi connectivity index (χ4n) is 2.20. The van der Waals surface area contributed by atoms with E-state index < -0.39 is 11.9 Å². The molecule has 0 radical (unpaired) electrons. The van der Waals surface area contributed by atoms with Crippen molar-refractivity contribution in [2.75, 3.05) is 33.2 Å². The highest BCUT2D eigenvalue weighted by molar-refractivity contribution is 5.79. The first kappa shape index (κ1) is 13.4. The van der Waals surface area contributed by atoms with E-state index in [4.69, 9.17) is 11.5 Å². The summed E-state index contributed by atoms with van der Waals surface area (Å²) in [6, 6.07) is 0.0146. The van der Waals surface area contributed by atoms with Gasteiger partial charge in [0, 0.05) is 19.1 Å². The van der Waals surface area contributed by atoms with Gasteiger partial charge in [-0.05, 0) is 39.9 Å². The summed E-state index contributed by atoms with van der Waals surface area (Å²) in [5, 5.41) is 0. The Bertz CT molecular complexity index is 234. The minimum atomic E-state index is -0.506. The van der Waals surface area contributed by atoms with Crippen LogP contribution in [0.3, 0.4) is 0 Å². The quantitative estimate of drug-likeness (QED) is 0.661. The Morgan fingerprint density at radius 1 is 1.50 bits per heavy atom. The first-order chi connectivity index (χ1) is 7.50. The van der Waals surface area contributed by atoms with Gasteiger partial charge in [0.05, 0.1) is 6.04 Å². The second-order valence-corrected chi connectivity index (χ2v) is 4.80. The molecule has 1 saturated heterocycles. The second kappa shape index (κ2) is 6.18. The zero-order chi connectivity index (χ0) is 12.1. The highest BCUT2D eigenvalue weighted by Gasteiger charge is 2.20. The lowest BCUT2D eigenvalue weighted by molar-refractivity contribution is -0.119. The predicted molar refractivity (Wildman–Crippen MR) is 64.9 cm³/mol. The molecule has 1 aliphatic heterocycles. The molecule has 0 aliphatic carbocycles. The molecule has 1 rings (SSSR count). The number of likely N-dealkylation sites (N-methyl/N-ethyl adjacent to an activating group) is 1. The molecule has 0 bridgehead atoms. The standard InChI is InChI=1S/C11H24N4O/c1-9-8-14(2)5-3-6-15(9)7-4-10(12)11(13)16/h9-10H,3-8,12H2,1-2H3,(H2,13,16). The average Bonchev–Trinajstić information content (AvgIpc) is 2.36. The van der Waals surface area contributed by atoms with E-state index in [1.54, 1.807) is 0 Å². The highest BCUT2D eigenvalue weighted by Crippen LogP contribution is 2.09. The molecule has 1 amide bonds. The molecule has 5 nitrogen and oxygen atoms in total. The SMILES string of the molecule is CC1CN(C)CCCN1CCC(N)C(N)=O. The number of nitrogens with zero attached hydrogens (tertiary/aromatic N) is 2. The molecule has 0 saturated carbocycles. The molecule has 94 valence electrons. The molecule has 0 aromatic rings. The van der Waals surface area contributed by atoms with E-state index in [2.05, 4.69) is 23.8 Å². The van der Waals surface area contributed by atoms with Crippen molar-refractivity contribution in [2.45, 2.75) is 31.8 Å². The first-order valence-electron chi connectivity index (χ1n) is 5.98. The molecule has 1 aliphatic rings. The third-order valence-electron chi connectivity index (χ3n) is 3.28. The minimum Gasteiger partial charge on any atom is -0.368 e. The Morgan fingerprint density at radius 2 is 2.19 bits per heavy atom. The largest absolute Gasteiger partial charge is 0.368 e. The minimum absolute atomic E-state index is 0.403. The van der Waals surface area contributed by atoms with Crippen LogP contribution in [0.2, 0.25) is 0 Å². The van der Waals surface area contributed by atoms with Crippen LogP contribution in [-0.4, -0.2) is 61.0 Å². The first-order valence-corrected chi connectivity index (χ1v) is 5.98. The van der Waals surface area contributed by atoms with E-state index in [1.807, 2.05) is 0 Å².